The number of hydrogen-bond acceptors (Lipinski definition) is 4. The summed E-state index contributed by atoms with van der Waals surface area (Å²) in [6.07, 6.45) is 1.73. The lowest BCUT2D eigenvalue weighted by atomic mass is 10.1. The number of aryl methyl sites for hydroxylation is 2. The lowest BCUT2D eigenvalue weighted by Gasteiger charge is -2.19. The van der Waals surface area contributed by atoms with Crippen molar-refractivity contribution in [1.29, 1.82) is 0 Å². The average Bonchev–Trinajstić information content (AvgIpc) is 2.79. The van der Waals surface area contributed by atoms with Crippen LogP contribution in [0.25, 0.3) is 0 Å². The van der Waals surface area contributed by atoms with Crippen molar-refractivity contribution < 1.29 is 8.42 Å². The first-order valence-electron chi connectivity index (χ1n) is 6.58. The van der Waals surface area contributed by atoms with Crippen molar-refractivity contribution in [2.24, 2.45) is 12.2 Å². The Morgan fingerprint density at radius 1 is 1.33 bits per heavy atom. The lowest BCUT2D eigenvalue weighted by Crippen LogP contribution is -2.15. The smallest absolute Gasteiger partial charge is 0.238 e. The number of nitrogens with zero attached hydrogens (tertiary/aromatic N) is 2. The molecule has 1 unspecified atom stereocenters. The second-order valence-corrected chi connectivity index (χ2v) is 6.76. The third kappa shape index (κ3) is 3.25. The molecule has 0 bridgehead atoms. The first-order chi connectivity index (χ1) is 9.70. The Labute approximate surface area is 125 Å². The molecule has 0 aliphatic rings. The van der Waals surface area contributed by atoms with Gasteiger partial charge in [-0.1, -0.05) is 0 Å². The maximum Gasteiger partial charge on any atom is 0.238 e. The number of rotatable bonds is 4. The zero-order valence-corrected chi connectivity index (χ0v) is 13.4. The Balaban J connectivity index is 2.40. The third-order valence-electron chi connectivity index (χ3n) is 3.64. The van der Waals surface area contributed by atoms with Gasteiger partial charge in [0.1, 0.15) is 0 Å². The van der Waals surface area contributed by atoms with Crippen LogP contribution in [-0.2, 0) is 17.1 Å². The van der Waals surface area contributed by atoms with Crippen LogP contribution in [0.4, 0.5) is 5.69 Å². The van der Waals surface area contributed by atoms with E-state index < -0.39 is 10.0 Å². The van der Waals surface area contributed by atoms with Crippen molar-refractivity contribution in [3.8, 4) is 0 Å². The van der Waals surface area contributed by atoms with E-state index in [0.29, 0.717) is 0 Å². The van der Waals surface area contributed by atoms with Gasteiger partial charge in [0.05, 0.1) is 16.6 Å². The minimum Gasteiger partial charge on any atom is -0.377 e. The number of primary sulfonamides is 1. The zero-order chi connectivity index (χ0) is 15.8. The van der Waals surface area contributed by atoms with Gasteiger partial charge >= 0.3 is 0 Å². The molecule has 2 aromatic rings. The molecular formula is C14H20N4O2S. The highest BCUT2D eigenvalue weighted by Crippen LogP contribution is 2.27. The molecule has 0 saturated heterocycles. The summed E-state index contributed by atoms with van der Waals surface area (Å²) in [6, 6.07) is 5.07. The Morgan fingerprint density at radius 2 is 2.00 bits per heavy atom. The molecule has 2 rings (SSSR count). The average molecular weight is 308 g/mol. The van der Waals surface area contributed by atoms with Gasteiger partial charge in [0.2, 0.25) is 10.0 Å². The van der Waals surface area contributed by atoms with Crippen LogP contribution in [0.1, 0.15) is 29.8 Å². The number of anilines is 1. The van der Waals surface area contributed by atoms with E-state index in [-0.39, 0.29) is 10.9 Å². The molecule has 0 fully saturated rings. The van der Waals surface area contributed by atoms with Crippen molar-refractivity contribution in [3.63, 3.8) is 0 Å². The summed E-state index contributed by atoms with van der Waals surface area (Å²) < 4.78 is 24.9. The van der Waals surface area contributed by atoms with E-state index in [2.05, 4.69) is 10.4 Å². The molecule has 3 N–H and O–H groups in total. The summed E-state index contributed by atoms with van der Waals surface area (Å²) in [5.41, 5.74) is 3.64. The zero-order valence-electron chi connectivity index (χ0n) is 12.6. The van der Waals surface area contributed by atoms with Gasteiger partial charge in [-0.05, 0) is 50.1 Å². The third-order valence-corrected chi connectivity index (χ3v) is 4.54. The highest BCUT2D eigenvalue weighted by Gasteiger charge is 2.15. The number of sulfonamides is 1. The molecule has 1 atom stereocenters. The Bertz CT molecular complexity index is 765. The summed E-state index contributed by atoms with van der Waals surface area (Å²) in [5.74, 6) is 0. The number of aromatic nitrogens is 2. The van der Waals surface area contributed by atoms with Crippen molar-refractivity contribution >= 4 is 15.7 Å². The van der Waals surface area contributed by atoms with Crippen LogP contribution in [0, 0.1) is 13.8 Å². The summed E-state index contributed by atoms with van der Waals surface area (Å²) >= 11 is 0. The molecular weight excluding hydrogens is 288 g/mol. The quantitative estimate of drug-likeness (QED) is 0.902. The van der Waals surface area contributed by atoms with Crippen LogP contribution in [0.2, 0.25) is 0 Å². The predicted octanol–water partition coefficient (Wildman–Crippen LogP) is 1.86. The Morgan fingerprint density at radius 3 is 2.52 bits per heavy atom. The molecule has 114 valence electrons. The van der Waals surface area contributed by atoms with E-state index in [1.54, 1.807) is 23.0 Å². The SMILES string of the molecule is Cc1cc(S(N)(=O)=O)cc(NC(C)c2ccnn2C)c1C. The topological polar surface area (TPSA) is 90.0 Å². The standard InChI is InChI=1S/C14H20N4O2S/c1-9-7-12(21(15,19)20)8-13(10(9)2)17-11(3)14-5-6-16-18(14)4/h5-8,11,17H,1-4H3,(H2,15,19,20). The predicted molar refractivity (Wildman–Crippen MR) is 82.5 cm³/mol. The van der Waals surface area contributed by atoms with Crippen LogP contribution in [0.15, 0.2) is 29.3 Å². The van der Waals surface area contributed by atoms with Crippen LogP contribution >= 0.6 is 0 Å². The molecule has 1 aromatic carbocycles. The van der Waals surface area contributed by atoms with Crippen LogP contribution in [-0.4, -0.2) is 18.2 Å². The minimum atomic E-state index is -3.72. The van der Waals surface area contributed by atoms with Gasteiger partial charge in [-0.3, -0.25) is 4.68 Å². The van der Waals surface area contributed by atoms with Crippen LogP contribution < -0.4 is 10.5 Å². The molecule has 0 radical (unpaired) electrons. The maximum atomic E-state index is 11.6. The van der Waals surface area contributed by atoms with Crippen LogP contribution in [0.3, 0.4) is 0 Å². The largest absolute Gasteiger partial charge is 0.377 e. The molecule has 6 nitrogen and oxygen atoms in total. The second kappa shape index (κ2) is 5.50. The van der Waals surface area contributed by atoms with Gasteiger partial charge in [0.25, 0.3) is 0 Å². The molecule has 0 aliphatic carbocycles. The summed E-state index contributed by atoms with van der Waals surface area (Å²) in [7, 11) is -1.85. The first kappa shape index (κ1) is 15.5. The van der Waals surface area contributed by atoms with Gasteiger partial charge in [0, 0.05) is 18.9 Å². The van der Waals surface area contributed by atoms with Crippen molar-refractivity contribution in [3.05, 3.63) is 41.2 Å². The van der Waals surface area contributed by atoms with E-state index in [1.165, 1.54) is 0 Å². The van der Waals surface area contributed by atoms with E-state index in [9.17, 15) is 8.42 Å². The van der Waals surface area contributed by atoms with Gasteiger partial charge in [-0.25, -0.2) is 13.6 Å². The van der Waals surface area contributed by atoms with Gasteiger partial charge in [0.15, 0.2) is 0 Å². The molecule has 1 heterocycles. The van der Waals surface area contributed by atoms with Crippen LogP contribution in [0.5, 0.6) is 0 Å². The fourth-order valence-corrected chi connectivity index (χ4v) is 2.88. The summed E-state index contributed by atoms with van der Waals surface area (Å²) in [5, 5.41) is 12.7. The van der Waals surface area contributed by atoms with Gasteiger partial charge in [-0.2, -0.15) is 5.10 Å². The summed E-state index contributed by atoms with van der Waals surface area (Å²) in [4.78, 5) is 0.116. The van der Waals surface area contributed by atoms with Crippen molar-refractivity contribution in [2.75, 3.05) is 5.32 Å². The number of benzene rings is 1. The number of hydrogen-bond donors (Lipinski definition) is 2. The van der Waals surface area contributed by atoms with E-state index in [4.69, 9.17) is 5.14 Å². The molecule has 7 heteroatoms. The monoisotopic (exact) mass is 308 g/mol. The molecule has 1 aromatic heterocycles. The fourth-order valence-electron chi connectivity index (χ4n) is 2.26. The molecule has 0 saturated carbocycles. The minimum absolute atomic E-state index is 0.00803. The Hall–Kier alpha value is -1.86. The van der Waals surface area contributed by atoms with Gasteiger partial charge < -0.3 is 5.32 Å². The molecule has 21 heavy (non-hydrogen) atoms. The summed E-state index contributed by atoms with van der Waals surface area (Å²) in [6.45, 7) is 5.81. The van der Waals surface area contributed by atoms with Crippen molar-refractivity contribution in [1.82, 2.24) is 9.78 Å². The van der Waals surface area contributed by atoms with E-state index >= 15 is 0 Å². The van der Waals surface area contributed by atoms with Crippen molar-refractivity contribution in [2.45, 2.75) is 31.7 Å². The highest BCUT2D eigenvalue weighted by molar-refractivity contribution is 7.89. The van der Waals surface area contributed by atoms with Gasteiger partial charge in [-0.15, -0.1) is 0 Å². The Kier molecular flexibility index (Phi) is 4.06. The lowest BCUT2D eigenvalue weighted by molar-refractivity contribution is 0.597. The molecule has 0 aliphatic heterocycles. The maximum absolute atomic E-state index is 11.6. The molecule has 0 amide bonds. The normalized spacial score (nSPS) is 13.2. The van der Waals surface area contributed by atoms with E-state index in [1.807, 2.05) is 33.9 Å². The highest BCUT2D eigenvalue weighted by atomic mass is 32.2. The molecule has 0 spiro atoms. The number of nitrogens with two attached hydrogens (primary N) is 1. The fraction of sp³-hybridized carbons (Fsp3) is 0.357. The second-order valence-electron chi connectivity index (χ2n) is 5.20. The first-order valence-corrected chi connectivity index (χ1v) is 8.13. The van der Waals surface area contributed by atoms with E-state index in [0.717, 1.165) is 22.5 Å². The number of nitrogens with one attached hydrogen (secondary N) is 1.